The zero-order valence-electron chi connectivity index (χ0n) is 27.3. The Bertz CT molecular complexity index is 1470. The van der Waals surface area contributed by atoms with Gasteiger partial charge in [-0.1, -0.05) is 0 Å². The van der Waals surface area contributed by atoms with Crippen LogP contribution in [-0.4, -0.2) is 127 Å². The molecule has 3 fully saturated rings. The number of hydrogen-bond donors (Lipinski definition) is 3. The number of hydrogen-bond acceptors (Lipinski definition) is 11. The summed E-state index contributed by atoms with van der Waals surface area (Å²) in [4.78, 5) is 28.1. The van der Waals surface area contributed by atoms with Crippen molar-refractivity contribution in [1.29, 1.82) is 0 Å². The van der Waals surface area contributed by atoms with Gasteiger partial charge in [0.05, 0.1) is 42.9 Å². The number of likely N-dealkylation sites (tertiary alicyclic amines) is 1. The fraction of sp³-hybridized carbons (Fsp3) is 0.656. The van der Waals surface area contributed by atoms with Crippen LogP contribution in [0, 0.1) is 11.2 Å². The van der Waals surface area contributed by atoms with E-state index in [4.69, 9.17) is 9.47 Å². The zero-order valence-corrected chi connectivity index (χ0v) is 28.2. The van der Waals surface area contributed by atoms with Crippen LogP contribution in [0.15, 0.2) is 30.7 Å². The number of benzene rings is 1. The molecule has 15 heteroatoms. The summed E-state index contributed by atoms with van der Waals surface area (Å²) in [6, 6.07) is 3.24. The second-order valence-corrected chi connectivity index (χ2v) is 15.3. The number of amides is 1. The molecule has 3 aliphatic rings. The number of piperidine rings is 1. The number of aliphatic hydroxyl groups excluding tert-OH is 2. The van der Waals surface area contributed by atoms with Crippen molar-refractivity contribution < 1.29 is 37.3 Å². The summed E-state index contributed by atoms with van der Waals surface area (Å²) in [5.74, 6) is 0.00932. The number of ether oxygens (including phenoxy) is 2. The minimum absolute atomic E-state index is 0.00850. The maximum Gasteiger partial charge on any atom is 0.258 e. The van der Waals surface area contributed by atoms with Gasteiger partial charge in [-0.2, -0.15) is 0 Å². The van der Waals surface area contributed by atoms with Gasteiger partial charge in [-0.25, -0.2) is 27.5 Å². The average molecular weight is 679 g/mol. The van der Waals surface area contributed by atoms with Crippen molar-refractivity contribution in [3.05, 3.63) is 42.1 Å². The molecular weight excluding hydrogens is 631 g/mol. The number of carbonyl (C=O) groups excluding carboxylic acids is 1. The van der Waals surface area contributed by atoms with Gasteiger partial charge in [0, 0.05) is 43.7 Å². The number of aliphatic hydroxyl groups is 2. The average Bonchev–Trinajstić information content (AvgIpc) is 3.04. The molecule has 1 spiro atoms. The smallest absolute Gasteiger partial charge is 0.258 e. The molecule has 0 bridgehead atoms. The molecule has 3 saturated heterocycles. The van der Waals surface area contributed by atoms with E-state index in [1.165, 1.54) is 29.6 Å². The fourth-order valence-corrected chi connectivity index (χ4v) is 7.43. The van der Waals surface area contributed by atoms with Crippen LogP contribution in [0.3, 0.4) is 0 Å². The Morgan fingerprint density at radius 1 is 1.23 bits per heavy atom. The number of nitrogens with zero attached hydrogens (tertiary/aromatic N) is 5. The Labute approximate surface area is 276 Å². The molecule has 5 rings (SSSR count). The molecule has 0 unspecified atom stereocenters. The largest absolute Gasteiger partial charge is 0.451 e. The summed E-state index contributed by atoms with van der Waals surface area (Å²) in [6.07, 6.45) is 5.59. The fourth-order valence-electron chi connectivity index (χ4n) is 6.57. The van der Waals surface area contributed by atoms with Crippen LogP contribution in [0.2, 0.25) is 0 Å². The van der Waals surface area contributed by atoms with Crippen LogP contribution in [0.5, 0.6) is 11.5 Å². The first-order valence-corrected chi connectivity index (χ1v) is 18.0. The van der Waals surface area contributed by atoms with Gasteiger partial charge in [0.15, 0.2) is 11.6 Å². The standard InChI is InChI=1S/C32H47FN6O7S/c1-4-47(43,44)36-24-6-7-26(45-18-24)16-37-11-9-32(10-12-37)19-38(20-32)30-29(14-34-21-35-30)46-28-8-5-23(33)13-27(28)31(42)39(22(2)3)15-25(41)17-40/h5,8,13-14,21-22,24-26,36,40-41H,4,6-7,9-12,15-20H2,1-3H3/t24-,25-,26+/m1/s1. The molecule has 1 aromatic carbocycles. The van der Waals surface area contributed by atoms with E-state index in [1.807, 2.05) is 0 Å². The predicted molar refractivity (Wildman–Crippen MR) is 173 cm³/mol. The van der Waals surface area contributed by atoms with Crippen molar-refractivity contribution in [2.24, 2.45) is 5.41 Å². The van der Waals surface area contributed by atoms with Gasteiger partial charge >= 0.3 is 0 Å². The molecule has 4 heterocycles. The van der Waals surface area contributed by atoms with Crippen LogP contribution in [0.25, 0.3) is 0 Å². The Hall–Kier alpha value is -2.95. The Morgan fingerprint density at radius 2 is 1.98 bits per heavy atom. The normalized spacial score (nSPS) is 22.2. The number of carbonyl (C=O) groups is 1. The number of anilines is 1. The molecule has 1 aromatic heterocycles. The molecule has 3 atom stereocenters. The molecule has 260 valence electrons. The Kier molecular flexibility index (Phi) is 11.3. The highest BCUT2D eigenvalue weighted by Crippen LogP contribution is 2.45. The first kappa shape index (κ1) is 35.4. The molecular formula is C32H47FN6O7S. The third-order valence-corrected chi connectivity index (χ3v) is 10.8. The molecule has 0 aliphatic carbocycles. The summed E-state index contributed by atoms with van der Waals surface area (Å²) in [5, 5.41) is 19.3. The summed E-state index contributed by atoms with van der Waals surface area (Å²) < 4.78 is 53.1. The highest BCUT2D eigenvalue weighted by atomic mass is 32.2. The summed E-state index contributed by atoms with van der Waals surface area (Å²) >= 11 is 0. The van der Waals surface area contributed by atoms with Crippen molar-refractivity contribution in [3.63, 3.8) is 0 Å². The number of nitrogens with one attached hydrogen (secondary N) is 1. The topological polar surface area (TPSA) is 158 Å². The van der Waals surface area contributed by atoms with Crippen molar-refractivity contribution in [3.8, 4) is 11.5 Å². The maximum absolute atomic E-state index is 14.4. The van der Waals surface area contributed by atoms with Gasteiger partial charge in [-0.05, 0) is 77.7 Å². The third-order valence-electron chi connectivity index (χ3n) is 9.38. The van der Waals surface area contributed by atoms with Crippen LogP contribution < -0.4 is 14.4 Å². The van der Waals surface area contributed by atoms with Crippen molar-refractivity contribution >= 4 is 21.7 Å². The number of rotatable bonds is 13. The quantitative estimate of drug-likeness (QED) is 0.285. The monoisotopic (exact) mass is 678 g/mol. The van der Waals surface area contributed by atoms with Gasteiger partial charge in [-0.3, -0.25) is 4.79 Å². The van der Waals surface area contributed by atoms with E-state index in [2.05, 4.69) is 24.5 Å². The summed E-state index contributed by atoms with van der Waals surface area (Å²) in [5.41, 5.74) is 0.142. The van der Waals surface area contributed by atoms with Crippen LogP contribution in [-0.2, 0) is 14.8 Å². The molecule has 2 aromatic rings. The lowest BCUT2D eigenvalue weighted by atomic mass is 9.72. The first-order chi connectivity index (χ1) is 22.4. The van der Waals surface area contributed by atoms with E-state index in [9.17, 15) is 27.8 Å². The van der Waals surface area contributed by atoms with Gasteiger partial charge in [-0.15, -0.1) is 0 Å². The zero-order chi connectivity index (χ0) is 33.8. The first-order valence-electron chi connectivity index (χ1n) is 16.4. The predicted octanol–water partition coefficient (Wildman–Crippen LogP) is 2.00. The molecule has 3 aliphatic heterocycles. The number of sulfonamides is 1. The summed E-state index contributed by atoms with van der Waals surface area (Å²) in [6.45, 7) is 9.27. The lowest BCUT2D eigenvalue weighted by Gasteiger charge is -2.54. The van der Waals surface area contributed by atoms with E-state index < -0.39 is 34.5 Å². The van der Waals surface area contributed by atoms with Crippen LogP contribution in [0.1, 0.15) is 56.8 Å². The van der Waals surface area contributed by atoms with E-state index in [-0.39, 0.29) is 47.2 Å². The highest BCUT2D eigenvalue weighted by Gasteiger charge is 2.46. The molecule has 47 heavy (non-hydrogen) atoms. The molecule has 13 nitrogen and oxygen atoms in total. The minimum atomic E-state index is -3.24. The number of aromatic nitrogens is 2. The molecule has 3 N–H and O–H groups in total. The lowest BCUT2D eigenvalue weighted by molar-refractivity contribution is -0.0299. The molecule has 0 radical (unpaired) electrons. The minimum Gasteiger partial charge on any atom is -0.451 e. The van der Waals surface area contributed by atoms with Gasteiger partial charge in [0.1, 0.15) is 17.9 Å². The van der Waals surface area contributed by atoms with E-state index in [0.29, 0.717) is 18.2 Å². The lowest BCUT2D eigenvalue weighted by Crippen LogP contribution is -2.61. The van der Waals surface area contributed by atoms with Crippen molar-refractivity contribution in [1.82, 2.24) is 24.5 Å². The van der Waals surface area contributed by atoms with Crippen molar-refractivity contribution in [2.45, 2.75) is 70.7 Å². The second-order valence-electron chi connectivity index (χ2n) is 13.2. The summed E-state index contributed by atoms with van der Waals surface area (Å²) in [7, 11) is -3.24. The molecule has 0 saturated carbocycles. The van der Waals surface area contributed by atoms with E-state index >= 15 is 0 Å². The van der Waals surface area contributed by atoms with Crippen molar-refractivity contribution in [2.75, 3.05) is 63.1 Å². The van der Waals surface area contributed by atoms with E-state index in [0.717, 1.165) is 64.5 Å². The van der Waals surface area contributed by atoms with Gasteiger partial charge in [0.2, 0.25) is 10.0 Å². The number of halogens is 1. The third kappa shape index (κ3) is 8.75. The van der Waals surface area contributed by atoms with Gasteiger partial charge < -0.3 is 34.4 Å². The Morgan fingerprint density at radius 3 is 2.62 bits per heavy atom. The van der Waals surface area contributed by atoms with Crippen LogP contribution >= 0.6 is 0 Å². The SMILES string of the molecule is CCS(=O)(=O)N[C@@H]1CC[C@@H](CN2CCC3(CC2)CN(c2ncncc2Oc2ccc(F)cc2C(=O)N(C[C@@H](O)CO)C(C)C)C3)OC1. The van der Waals surface area contributed by atoms with Crippen LogP contribution in [0.4, 0.5) is 10.2 Å². The maximum atomic E-state index is 14.4. The Balaban J connectivity index is 1.17. The highest BCUT2D eigenvalue weighted by molar-refractivity contribution is 7.89. The van der Waals surface area contributed by atoms with E-state index in [1.54, 1.807) is 20.8 Å². The molecule has 1 amide bonds. The van der Waals surface area contributed by atoms with Gasteiger partial charge in [0.25, 0.3) is 5.91 Å². The second kappa shape index (κ2) is 15.1.